The fourth-order valence-electron chi connectivity index (χ4n) is 4.37. The second-order valence-electron chi connectivity index (χ2n) is 7.97. The molecule has 1 amide bonds. The van der Waals surface area contributed by atoms with Crippen molar-refractivity contribution in [1.29, 1.82) is 0 Å². The van der Waals surface area contributed by atoms with Gasteiger partial charge < -0.3 is 14.7 Å². The molecule has 0 atom stereocenters. The lowest BCUT2D eigenvalue weighted by Crippen LogP contribution is -2.52. The molecule has 0 spiro atoms. The fourth-order valence-corrected chi connectivity index (χ4v) is 4.37. The summed E-state index contributed by atoms with van der Waals surface area (Å²) in [6, 6.07) is 9.89. The van der Waals surface area contributed by atoms with Crippen molar-refractivity contribution in [2.75, 3.05) is 49.1 Å². The van der Waals surface area contributed by atoms with E-state index in [9.17, 15) is 4.79 Å². The number of rotatable bonds is 3. The molecule has 156 valence electrons. The zero-order chi connectivity index (χ0) is 20.5. The average molecular weight is 406 g/mol. The molecule has 2 saturated heterocycles. The predicted octanol–water partition coefficient (Wildman–Crippen LogP) is 1.39. The Morgan fingerprint density at radius 1 is 0.900 bits per heavy atom. The van der Waals surface area contributed by atoms with Crippen LogP contribution in [-0.4, -0.2) is 74.9 Å². The largest absolute Gasteiger partial charge is 0.355 e. The van der Waals surface area contributed by atoms with E-state index in [0.717, 1.165) is 75.2 Å². The summed E-state index contributed by atoms with van der Waals surface area (Å²) in [5, 5.41) is 12.8. The smallest absolute Gasteiger partial charge is 0.225 e. The summed E-state index contributed by atoms with van der Waals surface area (Å²) < 4.78 is 1.77. The van der Waals surface area contributed by atoms with Crippen molar-refractivity contribution in [1.82, 2.24) is 29.7 Å². The second kappa shape index (κ2) is 7.89. The average Bonchev–Trinajstić information content (AvgIpc) is 3.19. The lowest BCUT2D eigenvalue weighted by atomic mass is 9.95. The number of pyridine rings is 1. The molecule has 0 aliphatic carbocycles. The molecule has 2 aliphatic rings. The standard InChI is InChI=1S/C21H26N8O/c1-16-23-24-19-5-6-20(25-29(16)19)26-10-7-17(8-11-26)21(30)28-14-12-27(13-15-28)18-4-2-3-9-22-18/h2-6,9,17H,7-8,10-15H2,1H3. The SMILES string of the molecule is Cc1nnc2ccc(N3CCC(C(=O)N4CCN(c5ccccn5)CC4)CC3)nn12. The first-order chi connectivity index (χ1) is 14.7. The molecule has 2 fully saturated rings. The first-order valence-electron chi connectivity index (χ1n) is 10.6. The Hall–Kier alpha value is -3.23. The highest BCUT2D eigenvalue weighted by atomic mass is 16.2. The molecule has 0 radical (unpaired) electrons. The Labute approximate surface area is 175 Å². The van der Waals surface area contributed by atoms with E-state index in [1.165, 1.54) is 0 Å². The molecule has 2 aliphatic heterocycles. The van der Waals surface area contributed by atoms with Gasteiger partial charge >= 0.3 is 0 Å². The quantitative estimate of drug-likeness (QED) is 0.650. The predicted molar refractivity (Wildman–Crippen MR) is 113 cm³/mol. The van der Waals surface area contributed by atoms with Crippen LogP contribution < -0.4 is 9.80 Å². The van der Waals surface area contributed by atoms with Crippen LogP contribution in [0.5, 0.6) is 0 Å². The molecule has 0 saturated carbocycles. The minimum atomic E-state index is 0.100. The number of hydrogen-bond donors (Lipinski definition) is 0. The molecular weight excluding hydrogens is 380 g/mol. The van der Waals surface area contributed by atoms with Gasteiger partial charge in [-0.05, 0) is 44.0 Å². The van der Waals surface area contributed by atoms with Gasteiger partial charge in [0.1, 0.15) is 11.6 Å². The van der Waals surface area contributed by atoms with E-state index in [1.54, 1.807) is 4.52 Å². The van der Waals surface area contributed by atoms with Crippen molar-refractivity contribution in [2.45, 2.75) is 19.8 Å². The number of aryl methyl sites for hydroxylation is 1. The molecule has 9 heteroatoms. The normalized spacial score (nSPS) is 18.2. The molecular formula is C21H26N8O. The van der Waals surface area contributed by atoms with Crippen LogP contribution in [0.15, 0.2) is 36.5 Å². The van der Waals surface area contributed by atoms with E-state index < -0.39 is 0 Å². The number of amides is 1. The Morgan fingerprint density at radius 3 is 2.40 bits per heavy atom. The third-order valence-corrected chi connectivity index (χ3v) is 6.14. The molecule has 0 aromatic carbocycles. The number of carbonyl (C=O) groups is 1. The van der Waals surface area contributed by atoms with Crippen LogP contribution >= 0.6 is 0 Å². The highest BCUT2D eigenvalue weighted by Gasteiger charge is 2.31. The van der Waals surface area contributed by atoms with Crippen molar-refractivity contribution < 1.29 is 4.79 Å². The Bertz CT molecular complexity index is 1020. The molecule has 3 aromatic rings. The third-order valence-electron chi connectivity index (χ3n) is 6.14. The highest BCUT2D eigenvalue weighted by molar-refractivity contribution is 5.79. The number of anilines is 2. The van der Waals surface area contributed by atoms with Gasteiger partial charge in [0.2, 0.25) is 5.91 Å². The van der Waals surface area contributed by atoms with E-state index in [4.69, 9.17) is 0 Å². The Kier molecular flexibility index (Phi) is 4.94. The van der Waals surface area contributed by atoms with Gasteiger partial charge in [-0.1, -0.05) is 6.07 Å². The van der Waals surface area contributed by atoms with E-state index >= 15 is 0 Å². The zero-order valence-corrected chi connectivity index (χ0v) is 17.2. The van der Waals surface area contributed by atoms with Crippen LogP contribution in [0.4, 0.5) is 11.6 Å². The molecule has 0 N–H and O–H groups in total. The van der Waals surface area contributed by atoms with Crippen molar-refractivity contribution >= 4 is 23.2 Å². The lowest BCUT2D eigenvalue weighted by Gasteiger charge is -2.39. The maximum Gasteiger partial charge on any atom is 0.225 e. The second-order valence-corrected chi connectivity index (χ2v) is 7.97. The van der Waals surface area contributed by atoms with Crippen molar-refractivity contribution in [3.05, 3.63) is 42.4 Å². The summed E-state index contributed by atoms with van der Waals surface area (Å²) in [6.07, 6.45) is 3.54. The number of nitrogens with zero attached hydrogens (tertiary/aromatic N) is 8. The number of fused-ring (bicyclic) bond motifs is 1. The highest BCUT2D eigenvalue weighted by Crippen LogP contribution is 2.24. The van der Waals surface area contributed by atoms with E-state index in [2.05, 4.69) is 30.1 Å². The Morgan fingerprint density at radius 2 is 1.67 bits per heavy atom. The third kappa shape index (κ3) is 3.55. The molecule has 30 heavy (non-hydrogen) atoms. The number of carbonyl (C=O) groups excluding carboxylic acids is 1. The van der Waals surface area contributed by atoms with Crippen LogP contribution in [0, 0.1) is 12.8 Å². The van der Waals surface area contributed by atoms with Crippen LogP contribution in [-0.2, 0) is 4.79 Å². The van der Waals surface area contributed by atoms with Crippen molar-refractivity contribution in [2.24, 2.45) is 5.92 Å². The number of hydrogen-bond acceptors (Lipinski definition) is 7. The fraction of sp³-hybridized carbons (Fsp3) is 0.476. The topological polar surface area (TPSA) is 82.8 Å². The van der Waals surface area contributed by atoms with Crippen LogP contribution in [0.3, 0.4) is 0 Å². The molecule has 9 nitrogen and oxygen atoms in total. The zero-order valence-electron chi connectivity index (χ0n) is 17.2. The van der Waals surface area contributed by atoms with E-state index in [0.29, 0.717) is 5.91 Å². The van der Waals surface area contributed by atoms with Gasteiger partial charge in [0.05, 0.1) is 0 Å². The maximum absolute atomic E-state index is 13.1. The first-order valence-corrected chi connectivity index (χ1v) is 10.6. The summed E-state index contributed by atoms with van der Waals surface area (Å²) in [4.78, 5) is 24.0. The minimum absolute atomic E-state index is 0.100. The summed E-state index contributed by atoms with van der Waals surface area (Å²) >= 11 is 0. The first kappa shape index (κ1) is 18.8. The number of piperidine rings is 1. The summed E-state index contributed by atoms with van der Waals surface area (Å²) in [7, 11) is 0. The molecule has 3 aromatic heterocycles. The number of aromatic nitrogens is 5. The van der Waals surface area contributed by atoms with Crippen LogP contribution in [0.2, 0.25) is 0 Å². The minimum Gasteiger partial charge on any atom is -0.355 e. The molecule has 0 unspecified atom stereocenters. The lowest BCUT2D eigenvalue weighted by molar-refractivity contribution is -0.136. The monoisotopic (exact) mass is 406 g/mol. The summed E-state index contributed by atoms with van der Waals surface area (Å²) in [6.45, 7) is 6.78. The van der Waals surface area contributed by atoms with E-state index in [1.807, 2.05) is 48.4 Å². The summed E-state index contributed by atoms with van der Waals surface area (Å²) in [5.41, 5.74) is 0.756. The van der Waals surface area contributed by atoms with Gasteiger partial charge in [0.25, 0.3) is 0 Å². The van der Waals surface area contributed by atoms with Gasteiger partial charge in [-0.25, -0.2) is 4.98 Å². The van der Waals surface area contributed by atoms with Crippen LogP contribution in [0.1, 0.15) is 18.7 Å². The Balaban J connectivity index is 1.16. The molecule has 5 rings (SSSR count). The number of piperazine rings is 1. The van der Waals surface area contributed by atoms with Crippen molar-refractivity contribution in [3.8, 4) is 0 Å². The van der Waals surface area contributed by atoms with E-state index in [-0.39, 0.29) is 5.92 Å². The molecule has 5 heterocycles. The van der Waals surface area contributed by atoms with Crippen molar-refractivity contribution in [3.63, 3.8) is 0 Å². The van der Waals surface area contributed by atoms with Gasteiger partial charge in [-0.15, -0.1) is 15.3 Å². The van der Waals surface area contributed by atoms with Gasteiger partial charge in [-0.2, -0.15) is 4.52 Å². The maximum atomic E-state index is 13.1. The molecule has 0 bridgehead atoms. The van der Waals surface area contributed by atoms with Gasteiger partial charge in [0.15, 0.2) is 11.5 Å². The van der Waals surface area contributed by atoms with Gasteiger partial charge in [-0.3, -0.25) is 4.79 Å². The summed E-state index contributed by atoms with van der Waals surface area (Å²) in [5.74, 6) is 3.09. The van der Waals surface area contributed by atoms with Gasteiger partial charge in [0, 0.05) is 51.4 Å². The van der Waals surface area contributed by atoms with Crippen LogP contribution in [0.25, 0.3) is 5.65 Å².